The largest absolute Gasteiger partial charge is 0.481 e. The predicted molar refractivity (Wildman–Crippen MR) is 76.2 cm³/mol. The number of carbonyl (C=O) groups is 1. The fraction of sp³-hybridized carbons (Fsp3) is 0.562. The standard InChI is InChI=1S/C16H23NO2/c1-12-4-3-5-13(2)15(12)11-17-8-6-14(7-9-17)10-16(18)19/h3-5,14H,6-11H2,1-2H3,(H,18,19). The Morgan fingerprint density at radius 2 is 1.84 bits per heavy atom. The van der Waals surface area contributed by atoms with Crippen molar-refractivity contribution in [3.05, 3.63) is 34.9 Å². The van der Waals surface area contributed by atoms with E-state index in [9.17, 15) is 4.79 Å². The van der Waals surface area contributed by atoms with Gasteiger partial charge in [0.15, 0.2) is 0 Å². The molecule has 0 amide bonds. The van der Waals surface area contributed by atoms with Crippen molar-refractivity contribution in [1.82, 2.24) is 4.90 Å². The molecule has 19 heavy (non-hydrogen) atoms. The molecule has 0 bridgehead atoms. The molecule has 0 unspecified atom stereocenters. The topological polar surface area (TPSA) is 40.5 Å². The van der Waals surface area contributed by atoms with E-state index in [1.165, 1.54) is 16.7 Å². The van der Waals surface area contributed by atoms with Gasteiger partial charge < -0.3 is 5.11 Å². The number of piperidine rings is 1. The zero-order chi connectivity index (χ0) is 13.8. The maximum absolute atomic E-state index is 10.7. The molecule has 1 aromatic carbocycles. The van der Waals surface area contributed by atoms with Gasteiger partial charge in [0.05, 0.1) is 0 Å². The summed E-state index contributed by atoms with van der Waals surface area (Å²) in [7, 11) is 0. The molecule has 0 aromatic heterocycles. The summed E-state index contributed by atoms with van der Waals surface area (Å²) in [6, 6.07) is 6.44. The second-order valence-electron chi connectivity index (χ2n) is 5.69. The summed E-state index contributed by atoms with van der Waals surface area (Å²) in [5.41, 5.74) is 4.14. The van der Waals surface area contributed by atoms with Crippen molar-refractivity contribution in [3.63, 3.8) is 0 Å². The van der Waals surface area contributed by atoms with E-state index >= 15 is 0 Å². The minimum absolute atomic E-state index is 0.331. The lowest BCUT2D eigenvalue weighted by Gasteiger charge is -2.32. The van der Waals surface area contributed by atoms with E-state index in [2.05, 4.69) is 36.9 Å². The van der Waals surface area contributed by atoms with Crippen LogP contribution in [0.4, 0.5) is 0 Å². The average Bonchev–Trinajstić information content (AvgIpc) is 2.35. The minimum Gasteiger partial charge on any atom is -0.481 e. The van der Waals surface area contributed by atoms with Gasteiger partial charge in [0.2, 0.25) is 0 Å². The first-order valence-corrected chi connectivity index (χ1v) is 7.05. The summed E-state index contributed by atoms with van der Waals surface area (Å²) < 4.78 is 0. The second-order valence-corrected chi connectivity index (χ2v) is 5.69. The van der Waals surface area contributed by atoms with Gasteiger partial charge in [-0.1, -0.05) is 18.2 Å². The molecular weight excluding hydrogens is 238 g/mol. The molecule has 0 aliphatic carbocycles. The number of aliphatic carboxylic acids is 1. The van der Waals surface area contributed by atoms with E-state index in [1.807, 2.05) is 0 Å². The second kappa shape index (κ2) is 6.20. The van der Waals surface area contributed by atoms with Crippen molar-refractivity contribution in [1.29, 1.82) is 0 Å². The van der Waals surface area contributed by atoms with Crippen LogP contribution in [0.3, 0.4) is 0 Å². The van der Waals surface area contributed by atoms with Crippen LogP contribution in [0.15, 0.2) is 18.2 Å². The normalized spacial score (nSPS) is 17.6. The minimum atomic E-state index is -0.659. The third-order valence-electron chi connectivity index (χ3n) is 4.20. The Balaban J connectivity index is 1.91. The first-order valence-electron chi connectivity index (χ1n) is 7.05. The van der Waals surface area contributed by atoms with Crippen LogP contribution in [0.5, 0.6) is 0 Å². The summed E-state index contributed by atoms with van der Waals surface area (Å²) in [6.45, 7) is 7.37. The highest BCUT2D eigenvalue weighted by Crippen LogP contribution is 2.23. The van der Waals surface area contributed by atoms with E-state index in [-0.39, 0.29) is 0 Å². The molecule has 1 N–H and O–H groups in total. The Morgan fingerprint density at radius 1 is 1.26 bits per heavy atom. The molecule has 1 aliphatic rings. The van der Waals surface area contributed by atoms with E-state index in [0.29, 0.717) is 12.3 Å². The Labute approximate surface area is 115 Å². The van der Waals surface area contributed by atoms with Gasteiger partial charge in [0, 0.05) is 13.0 Å². The summed E-state index contributed by atoms with van der Waals surface area (Å²) in [5.74, 6) is -0.292. The molecule has 104 valence electrons. The molecule has 1 heterocycles. The molecule has 3 heteroatoms. The maximum Gasteiger partial charge on any atom is 0.303 e. The zero-order valence-corrected chi connectivity index (χ0v) is 11.9. The van der Waals surface area contributed by atoms with Crippen LogP contribution in [0.1, 0.15) is 36.0 Å². The molecule has 0 radical (unpaired) electrons. The number of rotatable bonds is 4. The molecule has 0 saturated carbocycles. The van der Waals surface area contributed by atoms with Gasteiger partial charge in [-0.05, 0) is 62.4 Å². The zero-order valence-electron chi connectivity index (χ0n) is 11.9. The van der Waals surface area contributed by atoms with E-state index in [4.69, 9.17) is 5.11 Å². The SMILES string of the molecule is Cc1cccc(C)c1CN1CCC(CC(=O)O)CC1. The van der Waals surface area contributed by atoms with Gasteiger partial charge in [-0.2, -0.15) is 0 Å². The molecule has 1 aromatic rings. The number of hydrogen-bond acceptors (Lipinski definition) is 2. The number of aryl methyl sites for hydroxylation is 2. The molecule has 3 nitrogen and oxygen atoms in total. The van der Waals surface area contributed by atoms with Gasteiger partial charge in [0.1, 0.15) is 0 Å². The number of hydrogen-bond donors (Lipinski definition) is 1. The Bertz CT molecular complexity index is 428. The van der Waals surface area contributed by atoms with E-state index in [0.717, 1.165) is 32.5 Å². The third kappa shape index (κ3) is 3.80. The van der Waals surface area contributed by atoms with Crippen molar-refractivity contribution < 1.29 is 9.90 Å². The highest BCUT2D eigenvalue weighted by Gasteiger charge is 2.21. The van der Waals surface area contributed by atoms with Gasteiger partial charge >= 0.3 is 5.97 Å². The number of carboxylic acids is 1. The van der Waals surface area contributed by atoms with Crippen LogP contribution in [0, 0.1) is 19.8 Å². The van der Waals surface area contributed by atoms with Gasteiger partial charge in [-0.25, -0.2) is 0 Å². The first-order chi connectivity index (χ1) is 9.06. The molecule has 1 fully saturated rings. The van der Waals surface area contributed by atoms with Crippen molar-refractivity contribution >= 4 is 5.97 Å². The fourth-order valence-electron chi connectivity index (χ4n) is 2.92. The third-order valence-corrected chi connectivity index (χ3v) is 4.20. The summed E-state index contributed by atoms with van der Waals surface area (Å²) in [5, 5.41) is 8.83. The highest BCUT2D eigenvalue weighted by molar-refractivity contribution is 5.67. The highest BCUT2D eigenvalue weighted by atomic mass is 16.4. The molecule has 0 spiro atoms. The van der Waals surface area contributed by atoms with Gasteiger partial charge in [-0.15, -0.1) is 0 Å². The van der Waals surface area contributed by atoms with Crippen molar-refractivity contribution in [2.24, 2.45) is 5.92 Å². The first kappa shape index (κ1) is 14.1. The summed E-state index contributed by atoms with van der Waals surface area (Å²) in [6.07, 6.45) is 2.35. The number of benzene rings is 1. The lowest BCUT2D eigenvalue weighted by Crippen LogP contribution is -2.34. The van der Waals surface area contributed by atoms with Crippen LogP contribution in [0.2, 0.25) is 0 Å². The quantitative estimate of drug-likeness (QED) is 0.905. The molecule has 1 aliphatic heterocycles. The number of nitrogens with zero attached hydrogens (tertiary/aromatic N) is 1. The van der Waals surface area contributed by atoms with E-state index in [1.54, 1.807) is 0 Å². The van der Waals surface area contributed by atoms with Gasteiger partial charge in [0.25, 0.3) is 0 Å². The smallest absolute Gasteiger partial charge is 0.303 e. The lowest BCUT2D eigenvalue weighted by molar-refractivity contribution is -0.138. The molecule has 1 saturated heterocycles. The van der Waals surface area contributed by atoms with E-state index < -0.39 is 5.97 Å². The number of likely N-dealkylation sites (tertiary alicyclic amines) is 1. The molecule has 2 rings (SSSR count). The molecule has 0 atom stereocenters. The summed E-state index contributed by atoms with van der Waals surface area (Å²) in [4.78, 5) is 13.2. The molecular formula is C16H23NO2. The van der Waals surface area contributed by atoms with Crippen molar-refractivity contribution in [2.75, 3.05) is 13.1 Å². The van der Waals surface area contributed by atoms with Gasteiger partial charge in [-0.3, -0.25) is 9.69 Å². The van der Waals surface area contributed by atoms with Crippen LogP contribution in [0.25, 0.3) is 0 Å². The van der Waals surface area contributed by atoms with Crippen LogP contribution in [-0.4, -0.2) is 29.1 Å². The Hall–Kier alpha value is -1.35. The Kier molecular flexibility index (Phi) is 4.59. The predicted octanol–water partition coefficient (Wildman–Crippen LogP) is 2.99. The Morgan fingerprint density at radius 3 is 2.37 bits per heavy atom. The van der Waals surface area contributed by atoms with Crippen LogP contribution >= 0.6 is 0 Å². The lowest BCUT2D eigenvalue weighted by atomic mass is 9.93. The monoisotopic (exact) mass is 261 g/mol. The van der Waals surface area contributed by atoms with Crippen molar-refractivity contribution in [3.8, 4) is 0 Å². The average molecular weight is 261 g/mol. The summed E-state index contributed by atoms with van der Waals surface area (Å²) >= 11 is 0. The van der Waals surface area contributed by atoms with Crippen LogP contribution in [-0.2, 0) is 11.3 Å². The maximum atomic E-state index is 10.7. The number of carboxylic acid groups (broad SMARTS) is 1. The van der Waals surface area contributed by atoms with Crippen LogP contribution < -0.4 is 0 Å². The van der Waals surface area contributed by atoms with Crippen molar-refractivity contribution in [2.45, 2.75) is 39.7 Å². The fourth-order valence-corrected chi connectivity index (χ4v) is 2.92.